The fourth-order valence-electron chi connectivity index (χ4n) is 1.74. The largest absolute Gasteiger partial charge is 0.381 e. The van der Waals surface area contributed by atoms with Gasteiger partial charge in [-0.15, -0.1) is 0 Å². The van der Waals surface area contributed by atoms with Gasteiger partial charge in [-0.3, -0.25) is 4.90 Å². The van der Waals surface area contributed by atoms with Crippen LogP contribution in [0.4, 0.5) is 0 Å². The second-order valence-corrected chi connectivity index (χ2v) is 3.62. The van der Waals surface area contributed by atoms with Gasteiger partial charge in [-0.25, -0.2) is 0 Å². The lowest BCUT2D eigenvalue weighted by molar-refractivity contribution is 0.171. The summed E-state index contributed by atoms with van der Waals surface area (Å²) in [5, 5.41) is 8.61. The van der Waals surface area contributed by atoms with Crippen LogP contribution in [0.15, 0.2) is 0 Å². The molecule has 1 unspecified atom stereocenters. The Morgan fingerprint density at radius 3 is 3.00 bits per heavy atom. The molecule has 0 saturated carbocycles. The Morgan fingerprint density at radius 1 is 1.62 bits per heavy atom. The van der Waals surface area contributed by atoms with Crippen LogP contribution in [0.1, 0.15) is 19.8 Å². The van der Waals surface area contributed by atoms with E-state index in [0.717, 1.165) is 39.1 Å². The highest BCUT2D eigenvalue weighted by Gasteiger charge is 2.18. The standard InChI is InChI=1S/C10H18N2O/c1-2-5-12(6-4-11)8-10-3-7-13-9-10/h10H,2-3,5-9H2,1H3. The van der Waals surface area contributed by atoms with Gasteiger partial charge in [0.15, 0.2) is 0 Å². The average molecular weight is 182 g/mol. The molecule has 0 spiro atoms. The van der Waals surface area contributed by atoms with E-state index in [1.807, 2.05) is 0 Å². The van der Waals surface area contributed by atoms with Gasteiger partial charge < -0.3 is 4.74 Å². The molecule has 3 heteroatoms. The van der Waals surface area contributed by atoms with E-state index in [0.29, 0.717) is 12.5 Å². The van der Waals surface area contributed by atoms with E-state index in [1.165, 1.54) is 0 Å². The zero-order chi connectivity index (χ0) is 9.52. The lowest BCUT2D eigenvalue weighted by Crippen LogP contribution is -2.30. The van der Waals surface area contributed by atoms with Crippen molar-refractivity contribution in [1.82, 2.24) is 4.90 Å². The van der Waals surface area contributed by atoms with Crippen LogP contribution >= 0.6 is 0 Å². The normalized spacial score (nSPS) is 22.1. The van der Waals surface area contributed by atoms with Gasteiger partial charge in [-0.1, -0.05) is 6.92 Å². The molecule has 0 amide bonds. The smallest absolute Gasteiger partial charge is 0.0866 e. The SMILES string of the molecule is CCCN(CC#N)CC1CCOC1. The highest BCUT2D eigenvalue weighted by molar-refractivity contribution is 4.79. The first-order chi connectivity index (χ1) is 6.36. The number of rotatable bonds is 5. The summed E-state index contributed by atoms with van der Waals surface area (Å²) in [6.07, 6.45) is 2.28. The van der Waals surface area contributed by atoms with E-state index in [4.69, 9.17) is 10.00 Å². The van der Waals surface area contributed by atoms with Crippen LogP contribution in [0.2, 0.25) is 0 Å². The van der Waals surface area contributed by atoms with Gasteiger partial charge in [0.1, 0.15) is 0 Å². The summed E-state index contributed by atoms with van der Waals surface area (Å²) in [6, 6.07) is 2.21. The van der Waals surface area contributed by atoms with E-state index in [1.54, 1.807) is 0 Å². The molecule has 1 saturated heterocycles. The van der Waals surface area contributed by atoms with Crippen molar-refractivity contribution in [2.75, 3.05) is 32.8 Å². The minimum Gasteiger partial charge on any atom is -0.381 e. The van der Waals surface area contributed by atoms with Crippen molar-refractivity contribution in [3.63, 3.8) is 0 Å². The topological polar surface area (TPSA) is 36.3 Å². The molecule has 0 bridgehead atoms. The highest BCUT2D eigenvalue weighted by Crippen LogP contribution is 2.13. The van der Waals surface area contributed by atoms with E-state index < -0.39 is 0 Å². The molecular formula is C10H18N2O. The summed E-state index contributed by atoms with van der Waals surface area (Å²) < 4.78 is 5.30. The van der Waals surface area contributed by atoms with Gasteiger partial charge in [0.05, 0.1) is 19.2 Å². The lowest BCUT2D eigenvalue weighted by Gasteiger charge is -2.21. The van der Waals surface area contributed by atoms with Crippen LogP contribution in [-0.2, 0) is 4.74 Å². The third-order valence-electron chi connectivity index (χ3n) is 2.37. The van der Waals surface area contributed by atoms with Crippen molar-refractivity contribution in [3.8, 4) is 6.07 Å². The monoisotopic (exact) mass is 182 g/mol. The summed E-state index contributed by atoms with van der Waals surface area (Å²) in [5.74, 6) is 0.653. The fourth-order valence-corrected chi connectivity index (χ4v) is 1.74. The maximum atomic E-state index is 8.61. The van der Waals surface area contributed by atoms with Crippen molar-refractivity contribution in [3.05, 3.63) is 0 Å². The molecule has 1 heterocycles. The Hall–Kier alpha value is -0.590. The van der Waals surface area contributed by atoms with Gasteiger partial charge in [0.25, 0.3) is 0 Å². The number of hydrogen-bond donors (Lipinski definition) is 0. The van der Waals surface area contributed by atoms with Gasteiger partial charge in [-0.05, 0) is 25.3 Å². The van der Waals surface area contributed by atoms with Crippen molar-refractivity contribution < 1.29 is 4.74 Å². The van der Waals surface area contributed by atoms with Crippen LogP contribution in [0, 0.1) is 17.2 Å². The molecule has 3 nitrogen and oxygen atoms in total. The Balaban J connectivity index is 2.24. The second-order valence-electron chi connectivity index (χ2n) is 3.62. The Kier molecular flexibility index (Phi) is 4.81. The zero-order valence-corrected chi connectivity index (χ0v) is 8.33. The summed E-state index contributed by atoms with van der Waals surface area (Å²) in [7, 11) is 0. The zero-order valence-electron chi connectivity index (χ0n) is 8.33. The Labute approximate surface area is 80.3 Å². The number of ether oxygens (including phenoxy) is 1. The van der Waals surface area contributed by atoms with Crippen molar-refractivity contribution in [1.29, 1.82) is 5.26 Å². The minimum atomic E-state index is 0.560. The van der Waals surface area contributed by atoms with Crippen LogP contribution in [-0.4, -0.2) is 37.7 Å². The van der Waals surface area contributed by atoms with Gasteiger partial charge >= 0.3 is 0 Å². The predicted molar refractivity (Wildman–Crippen MR) is 51.3 cm³/mol. The van der Waals surface area contributed by atoms with Crippen LogP contribution in [0.25, 0.3) is 0 Å². The van der Waals surface area contributed by atoms with Crippen molar-refractivity contribution >= 4 is 0 Å². The van der Waals surface area contributed by atoms with E-state index >= 15 is 0 Å². The van der Waals surface area contributed by atoms with Crippen molar-refractivity contribution in [2.24, 2.45) is 5.92 Å². The summed E-state index contributed by atoms with van der Waals surface area (Å²) in [4.78, 5) is 2.22. The maximum Gasteiger partial charge on any atom is 0.0866 e. The van der Waals surface area contributed by atoms with E-state index in [-0.39, 0.29) is 0 Å². The van der Waals surface area contributed by atoms with Gasteiger partial charge in [0, 0.05) is 13.2 Å². The molecule has 0 N–H and O–H groups in total. The van der Waals surface area contributed by atoms with Gasteiger partial charge in [0.2, 0.25) is 0 Å². The number of hydrogen-bond acceptors (Lipinski definition) is 3. The molecule has 74 valence electrons. The molecule has 0 aromatic heterocycles. The van der Waals surface area contributed by atoms with Crippen LogP contribution in [0.5, 0.6) is 0 Å². The minimum absolute atomic E-state index is 0.560. The molecular weight excluding hydrogens is 164 g/mol. The molecule has 1 fully saturated rings. The molecule has 1 aliphatic rings. The molecule has 1 rings (SSSR count). The average Bonchev–Trinajstić information content (AvgIpc) is 2.58. The second kappa shape index (κ2) is 5.95. The van der Waals surface area contributed by atoms with Crippen LogP contribution in [0.3, 0.4) is 0 Å². The first-order valence-electron chi connectivity index (χ1n) is 5.04. The third kappa shape index (κ3) is 3.75. The third-order valence-corrected chi connectivity index (χ3v) is 2.37. The molecule has 0 radical (unpaired) electrons. The first kappa shape index (κ1) is 10.5. The van der Waals surface area contributed by atoms with Crippen molar-refractivity contribution in [2.45, 2.75) is 19.8 Å². The quantitative estimate of drug-likeness (QED) is 0.600. The summed E-state index contributed by atoms with van der Waals surface area (Å²) in [5.41, 5.74) is 0. The predicted octanol–water partition coefficient (Wildman–Crippen LogP) is 1.26. The lowest BCUT2D eigenvalue weighted by atomic mass is 10.1. The molecule has 13 heavy (non-hydrogen) atoms. The van der Waals surface area contributed by atoms with Gasteiger partial charge in [-0.2, -0.15) is 5.26 Å². The molecule has 1 atom stereocenters. The maximum absolute atomic E-state index is 8.61. The Morgan fingerprint density at radius 2 is 2.46 bits per heavy atom. The Bertz CT molecular complexity index is 170. The van der Waals surface area contributed by atoms with E-state index in [9.17, 15) is 0 Å². The summed E-state index contributed by atoms with van der Waals surface area (Å²) in [6.45, 7) is 6.55. The first-order valence-corrected chi connectivity index (χ1v) is 5.04. The fraction of sp³-hybridized carbons (Fsp3) is 0.900. The molecule has 0 aliphatic carbocycles. The molecule has 0 aromatic carbocycles. The van der Waals surface area contributed by atoms with E-state index in [2.05, 4.69) is 17.9 Å². The number of nitrogens with zero attached hydrogens (tertiary/aromatic N) is 2. The highest BCUT2D eigenvalue weighted by atomic mass is 16.5. The molecule has 1 aliphatic heterocycles. The molecule has 0 aromatic rings. The summed E-state index contributed by atoms with van der Waals surface area (Å²) >= 11 is 0. The number of nitriles is 1. The van der Waals surface area contributed by atoms with Crippen LogP contribution < -0.4 is 0 Å².